The minimum atomic E-state index is 0.570. The van der Waals surface area contributed by atoms with Gasteiger partial charge in [0.15, 0.2) is 0 Å². The van der Waals surface area contributed by atoms with Crippen molar-refractivity contribution in [3.63, 3.8) is 0 Å². The van der Waals surface area contributed by atoms with Crippen LogP contribution in [0.4, 0.5) is 0 Å². The lowest BCUT2D eigenvalue weighted by atomic mass is 10.3. The van der Waals surface area contributed by atoms with Crippen molar-refractivity contribution in [3.05, 3.63) is 30.3 Å². The minimum Gasteiger partial charge on any atom is -0.241 e. The molecule has 0 aliphatic rings. The molecular formula is C12H19NS. The van der Waals surface area contributed by atoms with Gasteiger partial charge in [-0.2, -0.15) is 0 Å². The average molecular weight is 209 g/mol. The van der Waals surface area contributed by atoms with E-state index in [0.29, 0.717) is 12.1 Å². The smallest absolute Gasteiger partial charge is 0.0230 e. The summed E-state index contributed by atoms with van der Waals surface area (Å²) in [5, 5.41) is 0. The molecule has 1 rings (SSSR count). The fraction of sp³-hybridized carbons (Fsp3) is 0.500. The third kappa shape index (κ3) is 3.35. The normalized spacial score (nSPS) is 11.6. The Labute approximate surface area is 91.6 Å². The molecule has 0 atom stereocenters. The number of hydrogen-bond donors (Lipinski definition) is 0. The van der Waals surface area contributed by atoms with Gasteiger partial charge in [-0.05, 0) is 51.8 Å². The molecule has 0 radical (unpaired) electrons. The lowest BCUT2D eigenvalue weighted by molar-refractivity contribution is 0.335. The van der Waals surface area contributed by atoms with Crippen LogP contribution in [0.1, 0.15) is 27.7 Å². The predicted molar refractivity (Wildman–Crippen MR) is 64.4 cm³/mol. The van der Waals surface area contributed by atoms with E-state index in [2.05, 4.69) is 62.3 Å². The summed E-state index contributed by atoms with van der Waals surface area (Å²) in [6.45, 7) is 8.93. The maximum absolute atomic E-state index is 2.41. The molecule has 2 heteroatoms. The zero-order valence-corrected chi connectivity index (χ0v) is 10.2. The van der Waals surface area contributed by atoms with Crippen LogP contribution in [-0.4, -0.2) is 16.4 Å². The summed E-state index contributed by atoms with van der Waals surface area (Å²) in [6.07, 6.45) is 0. The Morgan fingerprint density at radius 3 is 1.86 bits per heavy atom. The molecule has 0 saturated carbocycles. The van der Waals surface area contributed by atoms with Crippen molar-refractivity contribution in [3.8, 4) is 0 Å². The molecule has 78 valence electrons. The number of rotatable bonds is 4. The second-order valence-electron chi connectivity index (χ2n) is 3.95. The van der Waals surface area contributed by atoms with Gasteiger partial charge in [0.05, 0.1) is 0 Å². The van der Waals surface area contributed by atoms with E-state index in [4.69, 9.17) is 0 Å². The van der Waals surface area contributed by atoms with Crippen LogP contribution < -0.4 is 0 Å². The fourth-order valence-corrected chi connectivity index (χ4v) is 2.35. The lowest BCUT2D eigenvalue weighted by Crippen LogP contribution is -2.30. The Morgan fingerprint density at radius 1 is 0.929 bits per heavy atom. The van der Waals surface area contributed by atoms with Crippen molar-refractivity contribution in [2.24, 2.45) is 0 Å². The quantitative estimate of drug-likeness (QED) is 0.694. The third-order valence-electron chi connectivity index (χ3n) is 1.97. The van der Waals surface area contributed by atoms with Crippen LogP contribution in [0.5, 0.6) is 0 Å². The highest BCUT2D eigenvalue weighted by atomic mass is 32.2. The molecular weight excluding hydrogens is 190 g/mol. The van der Waals surface area contributed by atoms with Gasteiger partial charge in [-0.3, -0.25) is 0 Å². The highest BCUT2D eigenvalue weighted by Gasteiger charge is 2.14. The Balaban J connectivity index is 2.65. The molecule has 1 nitrogen and oxygen atoms in total. The molecule has 0 spiro atoms. The van der Waals surface area contributed by atoms with Crippen LogP contribution in [0.25, 0.3) is 0 Å². The summed E-state index contributed by atoms with van der Waals surface area (Å²) >= 11 is 1.84. The van der Waals surface area contributed by atoms with Crippen molar-refractivity contribution in [2.75, 3.05) is 0 Å². The molecule has 1 aromatic carbocycles. The molecule has 0 aromatic heterocycles. The second-order valence-corrected chi connectivity index (χ2v) is 5.03. The number of benzene rings is 1. The maximum Gasteiger partial charge on any atom is 0.0230 e. The van der Waals surface area contributed by atoms with Crippen molar-refractivity contribution >= 4 is 11.9 Å². The van der Waals surface area contributed by atoms with E-state index in [1.54, 1.807) is 0 Å². The summed E-state index contributed by atoms with van der Waals surface area (Å²) in [4.78, 5) is 1.31. The first kappa shape index (κ1) is 11.6. The molecule has 0 fully saturated rings. The van der Waals surface area contributed by atoms with Crippen LogP contribution in [0, 0.1) is 0 Å². The van der Waals surface area contributed by atoms with Gasteiger partial charge in [-0.25, -0.2) is 4.31 Å². The summed E-state index contributed by atoms with van der Waals surface area (Å²) in [5.41, 5.74) is 0. The van der Waals surface area contributed by atoms with Crippen LogP contribution in [0.2, 0.25) is 0 Å². The molecule has 0 bridgehead atoms. The minimum absolute atomic E-state index is 0.570. The zero-order valence-electron chi connectivity index (χ0n) is 9.40. The molecule has 0 amide bonds. The predicted octanol–water partition coefficient (Wildman–Crippen LogP) is 3.81. The number of hydrogen-bond acceptors (Lipinski definition) is 2. The Bertz CT molecular complexity index is 248. The number of nitrogens with zero attached hydrogens (tertiary/aromatic N) is 1. The van der Waals surface area contributed by atoms with Gasteiger partial charge in [-0.15, -0.1) is 0 Å². The summed E-state index contributed by atoms with van der Waals surface area (Å²) in [5.74, 6) is 0. The first-order valence-electron chi connectivity index (χ1n) is 5.12. The molecule has 0 aliphatic heterocycles. The van der Waals surface area contributed by atoms with Gasteiger partial charge < -0.3 is 0 Å². The summed E-state index contributed by atoms with van der Waals surface area (Å²) in [7, 11) is 0. The zero-order chi connectivity index (χ0) is 10.6. The SMILES string of the molecule is CC(C)N(Sc1ccccc1)C(C)C. The second kappa shape index (κ2) is 5.42. The summed E-state index contributed by atoms with van der Waals surface area (Å²) < 4.78 is 2.41. The Hall–Kier alpha value is -0.470. The van der Waals surface area contributed by atoms with Gasteiger partial charge in [0.1, 0.15) is 0 Å². The Kier molecular flexibility index (Phi) is 4.49. The van der Waals surface area contributed by atoms with E-state index in [1.165, 1.54) is 4.90 Å². The highest BCUT2D eigenvalue weighted by molar-refractivity contribution is 7.97. The van der Waals surface area contributed by atoms with Gasteiger partial charge in [0, 0.05) is 17.0 Å². The van der Waals surface area contributed by atoms with Crippen LogP contribution in [0.15, 0.2) is 35.2 Å². The molecule has 14 heavy (non-hydrogen) atoms. The fourth-order valence-electron chi connectivity index (χ4n) is 1.41. The van der Waals surface area contributed by atoms with Gasteiger partial charge in [0.25, 0.3) is 0 Å². The van der Waals surface area contributed by atoms with E-state index >= 15 is 0 Å². The van der Waals surface area contributed by atoms with Crippen LogP contribution in [0.3, 0.4) is 0 Å². The van der Waals surface area contributed by atoms with Crippen LogP contribution in [-0.2, 0) is 0 Å². The van der Waals surface area contributed by atoms with Crippen molar-refractivity contribution in [2.45, 2.75) is 44.7 Å². The molecule has 1 aromatic rings. The van der Waals surface area contributed by atoms with Crippen molar-refractivity contribution < 1.29 is 0 Å². The standard InChI is InChI=1S/C12H19NS/c1-10(2)13(11(3)4)14-12-8-6-5-7-9-12/h5-11H,1-4H3. The first-order valence-corrected chi connectivity index (χ1v) is 5.90. The molecule has 0 unspecified atom stereocenters. The monoisotopic (exact) mass is 209 g/mol. The van der Waals surface area contributed by atoms with Crippen molar-refractivity contribution in [1.82, 2.24) is 4.31 Å². The highest BCUT2D eigenvalue weighted by Crippen LogP contribution is 2.26. The molecule has 0 saturated heterocycles. The largest absolute Gasteiger partial charge is 0.241 e. The summed E-state index contributed by atoms with van der Waals surface area (Å²) in [6, 6.07) is 11.7. The first-order chi connectivity index (χ1) is 6.61. The van der Waals surface area contributed by atoms with Crippen LogP contribution >= 0.6 is 11.9 Å². The van der Waals surface area contributed by atoms with E-state index < -0.39 is 0 Å². The van der Waals surface area contributed by atoms with Crippen molar-refractivity contribution in [1.29, 1.82) is 0 Å². The third-order valence-corrected chi connectivity index (χ3v) is 3.51. The molecule has 0 N–H and O–H groups in total. The lowest BCUT2D eigenvalue weighted by Gasteiger charge is -2.28. The van der Waals surface area contributed by atoms with Gasteiger partial charge in [0.2, 0.25) is 0 Å². The van der Waals surface area contributed by atoms with E-state index in [0.717, 1.165) is 0 Å². The van der Waals surface area contributed by atoms with E-state index in [-0.39, 0.29) is 0 Å². The van der Waals surface area contributed by atoms with Gasteiger partial charge in [-0.1, -0.05) is 18.2 Å². The maximum atomic E-state index is 2.41. The Morgan fingerprint density at radius 2 is 1.43 bits per heavy atom. The average Bonchev–Trinajstić information content (AvgIpc) is 2.15. The van der Waals surface area contributed by atoms with E-state index in [1.807, 2.05) is 11.9 Å². The van der Waals surface area contributed by atoms with Gasteiger partial charge >= 0.3 is 0 Å². The van der Waals surface area contributed by atoms with E-state index in [9.17, 15) is 0 Å². The molecule has 0 heterocycles. The molecule has 0 aliphatic carbocycles. The topological polar surface area (TPSA) is 3.24 Å².